The molecule has 3 heteroatoms. The van der Waals surface area contributed by atoms with Gasteiger partial charge in [-0.2, -0.15) is 17.7 Å². The van der Waals surface area contributed by atoms with Crippen LogP contribution in [-0.2, 0) is 6.54 Å². The first-order chi connectivity index (χ1) is 6.27. The fraction of sp³-hybridized carbons (Fsp3) is 0.500. The fourth-order valence-corrected chi connectivity index (χ4v) is 1.33. The minimum atomic E-state index is 0.776. The molecule has 0 amide bonds. The second-order valence-electron chi connectivity index (χ2n) is 3.02. The summed E-state index contributed by atoms with van der Waals surface area (Å²) in [6.45, 7) is 5.18. The zero-order valence-corrected chi connectivity index (χ0v) is 9.09. The Morgan fingerprint density at radius 1 is 1.62 bits per heavy atom. The maximum atomic E-state index is 4.39. The maximum absolute atomic E-state index is 4.39. The van der Waals surface area contributed by atoms with Crippen molar-refractivity contribution in [3.8, 4) is 0 Å². The number of aromatic nitrogens is 2. The van der Waals surface area contributed by atoms with Crippen LogP contribution in [0, 0.1) is 6.92 Å². The molecule has 1 rings (SSSR count). The SMILES string of the molecule is CCCn1cc(C=CCS)c(C)n1. The van der Waals surface area contributed by atoms with E-state index in [2.05, 4.69) is 36.9 Å². The van der Waals surface area contributed by atoms with Crippen LogP contribution in [-0.4, -0.2) is 15.5 Å². The van der Waals surface area contributed by atoms with Crippen molar-refractivity contribution in [3.63, 3.8) is 0 Å². The van der Waals surface area contributed by atoms with Gasteiger partial charge in [0.1, 0.15) is 0 Å². The molecule has 0 bridgehead atoms. The molecular weight excluding hydrogens is 180 g/mol. The quantitative estimate of drug-likeness (QED) is 0.733. The molecule has 0 unspecified atom stereocenters. The van der Waals surface area contributed by atoms with E-state index in [0.29, 0.717) is 0 Å². The Morgan fingerprint density at radius 2 is 2.38 bits per heavy atom. The molecule has 0 aromatic carbocycles. The van der Waals surface area contributed by atoms with Crippen LogP contribution >= 0.6 is 12.6 Å². The van der Waals surface area contributed by atoms with Gasteiger partial charge in [0.2, 0.25) is 0 Å². The number of rotatable bonds is 4. The van der Waals surface area contributed by atoms with E-state index in [4.69, 9.17) is 0 Å². The Bertz CT molecular complexity index is 289. The lowest BCUT2D eigenvalue weighted by molar-refractivity contribution is 0.598. The highest BCUT2D eigenvalue weighted by atomic mass is 32.1. The van der Waals surface area contributed by atoms with Crippen molar-refractivity contribution in [3.05, 3.63) is 23.5 Å². The van der Waals surface area contributed by atoms with Crippen LogP contribution in [0.15, 0.2) is 12.3 Å². The van der Waals surface area contributed by atoms with Gasteiger partial charge in [0.15, 0.2) is 0 Å². The number of hydrogen-bond acceptors (Lipinski definition) is 2. The van der Waals surface area contributed by atoms with E-state index in [-0.39, 0.29) is 0 Å². The molecule has 1 aromatic heterocycles. The molecule has 0 fully saturated rings. The van der Waals surface area contributed by atoms with Gasteiger partial charge in [-0.3, -0.25) is 4.68 Å². The zero-order valence-electron chi connectivity index (χ0n) is 8.20. The largest absolute Gasteiger partial charge is 0.272 e. The van der Waals surface area contributed by atoms with Crippen LogP contribution in [0.3, 0.4) is 0 Å². The third kappa shape index (κ3) is 2.92. The topological polar surface area (TPSA) is 17.8 Å². The third-order valence-corrected chi connectivity index (χ3v) is 2.05. The highest BCUT2D eigenvalue weighted by molar-refractivity contribution is 7.80. The molecule has 0 spiro atoms. The molecule has 72 valence electrons. The molecule has 0 atom stereocenters. The van der Waals surface area contributed by atoms with Gasteiger partial charge in [0.25, 0.3) is 0 Å². The summed E-state index contributed by atoms with van der Waals surface area (Å²) in [5.74, 6) is 0.776. The molecule has 0 aliphatic rings. The van der Waals surface area contributed by atoms with Gasteiger partial charge in [0.05, 0.1) is 5.69 Å². The number of aryl methyl sites for hydroxylation is 2. The van der Waals surface area contributed by atoms with Gasteiger partial charge < -0.3 is 0 Å². The summed E-state index contributed by atoms with van der Waals surface area (Å²) >= 11 is 4.12. The molecule has 0 saturated heterocycles. The molecule has 0 N–H and O–H groups in total. The summed E-state index contributed by atoms with van der Waals surface area (Å²) in [6, 6.07) is 0. The van der Waals surface area contributed by atoms with E-state index < -0.39 is 0 Å². The van der Waals surface area contributed by atoms with Gasteiger partial charge in [0, 0.05) is 24.1 Å². The van der Waals surface area contributed by atoms with Gasteiger partial charge in [-0.15, -0.1) is 0 Å². The zero-order chi connectivity index (χ0) is 9.68. The average Bonchev–Trinajstić information content (AvgIpc) is 2.44. The maximum Gasteiger partial charge on any atom is 0.0665 e. The van der Waals surface area contributed by atoms with Crippen LogP contribution < -0.4 is 0 Å². The second-order valence-corrected chi connectivity index (χ2v) is 3.38. The Morgan fingerprint density at radius 3 is 3.00 bits per heavy atom. The van der Waals surface area contributed by atoms with Crippen LogP contribution in [0.5, 0.6) is 0 Å². The highest BCUT2D eigenvalue weighted by Gasteiger charge is 1.99. The summed E-state index contributed by atoms with van der Waals surface area (Å²) in [5, 5.41) is 4.39. The normalized spacial score (nSPS) is 11.3. The Balaban J connectivity index is 2.77. The molecule has 0 radical (unpaired) electrons. The van der Waals surface area contributed by atoms with E-state index in [1.165, 1.54) is 5.56 Å². The summed E-state index contributed by atoms with van der Waals surface area (Å²) in [4.78, 5) is 0. The standard InChI is InChI=1S/C10H16N2S/c1-3-6-12-8-10(5-4-7-13)9(2)11-12/h4-5,8,13H,3,6-7H2,1-2H3. The molecule has 13 heavy (non-hydrogen) atoms. The van der Waals surface area contributed by atoms with Gasteiger partial charge >= 0.3 is 0 Å². The van der Waals surface area contributed by atoms with Gasteiger partial charge in [-0.05, 0) is 13.3 Å². The van der Waals surface area contributed by atoms with Crippen LogP contribution in [0.1, 0.15) is 24.6 Å². The third-order valence-electron chi connectivity index (χ3n) is 1.84. The molecule has 1 aromatic rings. The Labute approximate surface area is 85.1 Å². The number of hydrogen-bond donors (Lipinski definition) is 1. The van der Waals surface area contributed by atoms with E-state index in [1.54, 1.807) is 0 Å². The monoisotopic (exact) mass is 196 g/mol. The first kappa shape index (κ1) is 10.4. The Hall–Kier alpha value is -0.700. The lowest BCUT2D eigenvalue weighted by Gasteiger charge is -1.93. The smallest absolute Gasteiger partial charge is 0.0665 e. The van der Waals surface area contributed by atoms with E-state index in [0.717, 1.165) is 24.4 Å². The summed E-state index contributed by atoms with van der Waals surface area (Å²) < 4.78 is 1.99. The first-order valence-electron chi connectivity index (χ1n) is 4.59. The molecular formula is C10H16N2S. The van der Waals surface area contributed by atoms with Crippen molar-refractivity contribution < 1.29 is 0 Å². The number of nitrogens with zero attached hydrogens (tertiary/aromatic N) is 2. The predicted octanol–water partition coefficient (Wildman–Crippen LogP) is 2.54. The van der Waals surface area contributed by atoms with Crippen molar-refractivity contribution in [2.75, 3.05) is 5.75 Å². The number of thiol groups is 1. The first-order valence-corrected chi connectivity index (χ1v) is 5.22. The predicted molar refractivity (Wildman–Crippen MR) is 60.1 cm³/mol. The average molecular weight is 196 g/mol. The fourth-order valence-electron chi connectivity index (χ4n) is 1.22. The van der Waals surface area contributed by atoms with E-state index >= 15 is 0 Å². The molecule has 0 saturated carbocycles. The minimum Gasteiger partial charge on any atom is -0.272 e. The van der Waals surface area contributed by atoms with Gasteiger partial charge in [-0.1, -0.05) is 19.1 Å². The summed E-state index contributed by atoms with van der Waals surface area (Å²) in [6.07, 6.45) is 7.31. The van der Waals surface area contributed by atoms with Gasteiger partial charge in [-0.25, -0.2) is 0 Å². The molecule has 1 heterocycles. The lowest BCUT2D eigenvalue weighted by atomic mass is 10.2. The Kier molecular flexibility index (Phi) is 4.09. The molecule has 0 aliphatic heterocycles. The van der Waals surface area contributed by atoms with E-state index in [1.807, 2.05) is 17.7 Å². The van der Waals surface area contributed by atoms with Crippen molar-refractivity contribution in [1.29, 1.82) is 0 Å². The van der Waals surface area contributed by atoms with Crippen LogP contribution in [0.4, 0.5) is 0 Å². The lowest BCUT2D eigenvalue weighted by Crippen LogP contribution is -1.96. The minimum absolute atomic E-state index is 0.776. The highest BCUT2D eigenvalue weighted by Crippen LogP contribution is 2.08. The van der Waals surface area contributed by atoms with Crippen molar-refractivity contribution in [2.24, 2.45) is 0 Å². The molecule has 0 aliphatic carbocycles. The summed E-state index contributed by atoms with van der Waals surface area (Å²) in [7, 11) is 0. The van der Waals surface area contributed by atoms with Crippen LogP contribution in [0.2, 0.25) is 0 Å². The summed E-state index contributed by atoms with van der Waals surface area (Å²) in [5.41, 5.74) is 2.29. The van der Waals surface area contributed by atoms with E-state index in [9.17, 15) is 0 Å². The van der Waals surface area contributed by atoms with Crippen LogP contribution in [0.25, 0.3) is 6.08 Å². The van der Waals surface area contributed by atoms with Crippen molar-refractivity contribution in [1.82, 2.24) is 9.78 Å². The second kappa shape index (κ2) is 5.12. The van der Waals surface area contributed by atoms with Crippen molar-refractivity contribution >= 4 is 18.7 Å². The molecule has 2 nitrogen and oxygen atoms in total. The van der Waals surface area contributed by atoms with Crippen molar-refractivity contribution in [2.45, 2.75) is 26.8 Å².